The fraction of sp³-hybridized carbons (Fsp3) is 0. The molecule has 5 rings (SSSR count). The Labute approximate surface area is 145 Å². The van der Waals surface area contributed by atoms with Crippen LogP contribution in [0.5, 0.6) is 0 Å². The van der Waals surface area contributed by atoms with Crippen molar-refractivity contribution in [3.05, 3.63) is 91.1 Å². The Balaban J connectivity index is 1.93. The molecule has 0 bridgehead atoms. The van der Waals surface area contributed by atoms with Crippen molar-refractivity contribution in [2.24, 2.45) is 0 Å². The zero-order valence-electron chi connectivity index (χ0n) is 13.5. The van der Waals surface area contributed by atoms with Gasteiger partial charge in [0.2, 0.25) is 0 Å². The Morgan fingerprint density at radius 1 is 0.680 bits per heavy atom. The Kier molecular flexibility index (Phi) is 3.10. The van der Waals surface area contributed by atoms with Crippen molar-refractivity contribution in [2.45, 2.75) is 0 Å². The van der Waals surface area contributed by atoms with Crippen molar-refractivity contribution < 1.29 is 0 Å². The third-order valence-corrected chi connectivity index (χ3v) is 4.44. The number of hydrogen-bond acceptors (Lipinski definition) is 2. The van der Waals surface area contributed by atoms with Gasteiger partial charge >= 0.3 is 0 Å². The van der Waals surface area contributed by atoms with Gasteiger partial charge in [0.25, 0.3) is 0 Å². The molecule has 0 aliphatic heterocycles. The van der Waals surface area contributed by atoms with E-state index in [9.17, 15) is 0 Å². The Bertz CT molecular complexity index is 1180. The van der Waals surface area contributed by atoms with Gasteiger partial charge in [-0.2, -0.15) is 0 Å². The van der Waals surface area contributed by atoms with E-state index >= 15 is 0 Å². The molecule has 0 radical (unpaired) electrons. The molecule has 0 spiro atoms. The summed E-state index contributed by atoms with van der Waals surface area (Å²) in [7, 11) is 0. The molecular weight excluding hydrogens is 306 g/mol. The molecule has 118 valence electrons. The number of fused-ring (bicyclic) bond motifs is 3. The maximum absolute atomic E-state index is 5.01. The molecule has 0 aliphatic carbocycles. The van der Waals surface area contributed by atoms with E-state index in [1.54, 1.807) is 0 Å². The molecule has 3 aromatic carbocycles. The lowest BCUT2D eigenvalue weighted by atomic mass is 10.2. The Morgan fingerprint density at radius 2 is 1.36 bits per heavy atom. The van der Waals surface area contributed by atoms with Gasteiger partial charge in [-0.3, -0.25) is 9.55 Å². The second kappa shape index (κ2) is 5.56. The van der Waals surface area contributed by atoms with Crippen LogP contribution in [0.15, 0.2) is 91.1 Å². The molecule has 3 nitrogen and oxygen atoms in total. The van der Waals surface area contributed by atoms with Crippen LogP contribution in [0.4, 0.5) is 0 Å². The fourth-order valence-corrected chi connectivity index (χ4v) is 3.29. The van der Waals surface area contributed by atoms with Gasteiger partial charge in [0.1, 0.15) is 11.3 Å². The summed E-state index contributed by atoms with van der Waals surface area (Å²) in [5.41, 5.74) is 5.14. The van der Waals surface area contributed by atoms with Gasteiger partial charge < -0.3 is 0 Å². The van der Waals surface area contributed by atoms with E-state index in [1.807, 2.05) is 60.8 Å². The number of para-hydroxylation sites is 2. The zero-order chi connectivity index (χ0) is 16.6. The van der Waals surface area contributed by atoms with Crippen LogP contribution in [-0.2, 0) is 0 Å². The summed E-state index contributed by atoms with van der Waals surface area (Å²) < 4.78 is 2.18. The van der Waals surface area contributed by atoms with E-state index < -0.39 is 0 Å². The summed E-state index contributed by atoms with van der Waals surface area (Å²) in [6, 6.07) is 28.8. The maximum atomic E-state index is 5.01. The maximum Gasteiger partial charge on any atom is 0.145 e. The number of hydrogen-bond donors (Lipinski definition) is 0. The van der Waals surface area contributed by atoms with Gasteiger partial charge in [-0.15, -0.1) is 0 Å². The van der Waals surface area contributed by atoms with Crippen molar-refractivity contribution in [3.63, 3.8) is 0 Å². The first-order valence-electron chi connectivity index (χ1n) is 8.29. The summed E-state index contributed by atoms with van der Waals surface area (Å²) >= 11 is 0. The minimum Gasteiger partial charge on any atom is -0.291 e. The SMILES string of the molecule is c1ccc(-c2nc3c4ccccc4ncc3n2-c2ccccc2)cc1. The van der Waals surface area contributed by atoms with Crippen LogP contribution < -0.4 is 0 Å². The highest BCUT2D eigenvalue weighted by molar-refractivity contribution is 6.03. The van der Waals surface area contributed by atoms with E-state index in [-0.39, 0.29) is 0 Å². The molecule has 0 N–H and O–H groups in total. The van der Waals surface area contributed by atoms with E-state index in [0.717, 1.165) is 39.0 Å². The summed E-state index contributed by atoms with van der Waals surface area (Å²) in [5, 5.41) is 1.08. The smallest absolute Gasteiger partial charge is 0.145 e. The molecule has 0 saturated heterocycles. The van der Waals surface area contributed by atoms with Crippen molar-refractivity contribution in [2.75, 3.05) is 0 Å². The fourth-order valence-electron chi connectivity index (χ4n) is 3.29. The second-order valence-corrected chi connectivity index (χ2v) is 5.98. The largest absolute Gasteiger partial charge is 0.291 e. The molecule has 2 aromatic heterocycles. The highest BCUT2D eigenvalue weighted by Crippen LogP contribution is 2.31. The van der Waals surface area contributed by atoms with Crippen LogP contribution >= 0.6 is 0 Å². The molecule has 0 atom stereocenters. The van der Waals surface area contributed by atoms with Gasteiger partial charge in [-0.05, 0) is 18.2 Å². The zero-order valence-corrected chi connectivity index (χ0v) is 13.5. The molecule has 0 saturated carbocycles. The monoisotopic (exact) mass is 321 g/mol. The van der Waals surface area contributed by atoms with Crippen LogP contribution in [0.25, 0.3) is 39.0 Å². The average Bonchev–Trinajstić information content (AvgIpc) is 3.09. The molecule has 0 aliphatic rings. The van der Waals surface area contributed by atoms with Crippen LogP contribution in [0.3, 0.4) is 0 Å². The first-order chi connectivity index (χ1) is 12.4. The number of nitrogens with zero attached hydrogens (tertiary/aromatic N) is 3. The lowest BCUT2D eigenvalue weighted by Crippen LogP contribution is -1.97. The molecular formula is C22H15N3. The average molecular weight is 321 g/mol. The lowest BCUT2D eigenvalue weighted by Gasteiger charge is -2.09. The first kappa shape index (κ1) is 13.9. The van der Waals surface area contributed by atoms with Crippen molar-refractivity contribution in [3.8, 4) is 17.1 Å². The standard InChI is InChI=1S/C22H15N3/c1-3-9-16(10-4-1)22-24-21-18-13-7-8-14-19(18)23-15-20(21)25(22)17-11-5-2-6-12-17/h1-15H. The van der Waals surface area contributed by atoms with Crippen LogP contribution in [0.1, 0.15) is 0 Å². The van der Waals surface area contributed by atoms with Gasteiger partial charge in [-0.25, -0.2) is 4.98 Å². The molecule has 0 amide bonds. The molecule has 0 unspecified atom stereocenters. The minimum atomic E-state index is 0.931. The number of imidazole rings is 1. The van der Waals surface area contributed by atoms with Gasteiger partial charge in [0.05, 0.1) is 17.2 Å². The van der Waals surface area contributed by atoms with Crippen molar-refractivity contribution in [1.82, 2.24) is 14.5 Å². The molecule has 25 heavy (non-hydrogen) atoms. The predicted molar refractivity (Wildman–Crippen MR) is 102 cm³/mol. The summed E-state index contributed by atoms with van der Waals surface area (Å²) in [6.45, 7) is 0. The third-order valence-electron chi connectivity index (χ3n) is 4.44. The number of benzene rings is 3. The highest BCUT2D eigenvalue weighted by Gasteiger charge is 2.16. The topological polar surface area (TPSA) is 30.7 Å². The normalized spacial score (nSPS) is 11.2. The van der Waals surface area contributed by atoms with E-state index in [4.69, 9.17) is 4.98 Å². The number of rotatable bonds is 2. The predicted octanol–water partition coefficient (Wildman–Crippen LogP) is 5.24. The third kappa shape index (κ3) is 2.21. The van der Waals surface area contributed by atoms with Crippen molar-refractivity contribution >= 4 is 21.9 Å². The number of aromatic nitrogens is 3. The molecule has 3 heteroatoms. The van der Waals surface area contributed by atoms with E-state index in [0.29, 0.717) is 0 Å². The van der Waals surface area contributed by atoms with Gasteiger partial charge in [-0.1, -0.05) is 66.7 Å². The molecule has 5 aromatic rings. The van der Waals surface area contributed by atoms with Gasteiger partial charge in [0.15, 0.2) is 0 Å². The molecule has 2 heterocycles. The molecule has 0 fully saturated rings. The van der Waals surface area contributed by atoms with Crippen molar-refractivity contribution in [1.29, 1.82) is 0 Å². The van der Waals surface area contributed by atoms with Crippen LogP contribution in [0.2, 0.25) is 0 Å². The highest BCUT2D eigenvalue weighted by atomic mass is 15.1. The summed E-state index contributed by atoms with van der Waals surface area (Å²) in [4.78, 5) is 9.65. The van der Waals surface area contributed by atoms with E-state index in [2.05, 4.69) is 39.9 Å². The number of pyridine rings is 1. The lowest BCUT2D eigenvalue weighted by molar-refractivity contribution is 1.10. The Morgan fingerprint density at radius 3 is 2.16 bits per heavy atom. The minimum absolute atomic E-state index is 0.931. The Hall–Kier alpha value is -3.46. The first-order valence-corrected chi connectivity index (χ1v) is 8.29. The summed E-state index contributed by atoms with van der Waals surface area (Å²) in [5.74, 6) is 0.931. The van der Waals surface area contributed by atoms with E-state index in [1.165, 1.54) is 0 Å². The second-order valence-electron chi connectivity index (χ2n) is 5.98. The summed E-state index contributed by atoms with van der Waals surface area (Å²) in [6.07, 6.45) is 1.92. The van der Waals surface area contributed by atoms with Gasteiger partial charge in [0, 0.05) is 16.6 Å². The quantitative estimate of drug-likeness (QED) is 0.445. The van der Waals surface area contributed by atoms with Crippen LogP contribution in [0, 0.1) is 0 Å². The van der Waals surface area contributed by atoms with Crippen LogP contribution in [-0.4, -0.2) is 14.5 Å².